The molecular formula is C21H24N4O3S. The van der Waals surface area contributed by atoms with E-state index in [4.69, 9.17) is 9.47 Å². The minimum Gasteiger partial charge on any atom is -0.497 e. The third-order valence-corrected chi connectivity index (χ3v) is 5.12. The molecule has 0 saturated heterocycles. The lowest BCUT2D eigenvalue weighted by atomic mass is 10.2. The average Bonchev–Trinajstić information content (AvgIpc) is 3.16. The van der Waals surface area contributed by atoms with Crippen LogP contribution >= 0.6 is 11.8 Å². The molecule has 8 heteroatoms. The highest BCUT2D eigenvalue weighted by atomic mass is 32.2. The quantitative estimate of drug-likeness (QED) is 0.527. The van der Waals surface area contributed by atoms with Gasteiger partial charge in [-0.05, 0) is 55.5 Å². The van der Waals surface area contributed by atoms with Crippen molar-refractivity contribution in [3.63, 3.8) is 0 Å². The molecule has 7 nitrogen and oxygen atoms in total. The van der Waals surface area contributed by atoms with Crippen molar-refractivity contribution >= 4 is 17.7 Å². The summed E-state index contributed by atoms with van der Waals surface area (Å²) < 4.78 is 12.7. The normalized spacial score (nSPS) is 10.6. The first kappa shape index (κ1) is 20.7. The number of benzene rings is 2. The second-order valence-corrected chi connectivity index (χ2v) is 7.32. The van der Waals surface area contributed by atoms with Gasteiger partial charge in [-0.15, -0.1) is 10.2 Å². The number of aromatic nitrogens is 3. The van der Waals surface area contributed by atoms with E-state index in [1.165, 1.54) is 11.8 Å². The minimum absolute atomic E-state index is 0.0160. The molecule has 1 aromatic heterocycles. The Morgan fingerprint density at radius 1 is 1.03 bits per heavy atom. The van der Waals surface area contributed by atoms with Gasteiger partial charge in [-0.25, -0.2) is 0 Å². The van der Waals surface area contributed by atoms with Gasteiger partial charge >= 0.3 is 0 Å². The number of hydrogen-bond donors (Lipinski definition) is 0. The Labute approximate surface area is 174 Å². The van der Waals surface area contributed by atoms with Crippen molar-refractivity contribution in [3.05, 3.63) is 48.5 Å². The van der Waals surface area contributed by atoms with Gasteiger partial charge in [0.05, 0.1) is 19.5 Å². The predicted octanol–water partition coefficient (Wildman–Crippen LogP) is 3.52. The van der Waals surface area contributed by atoms with Crippen molar-refractivity contribution in [2.45, 2.75) is 12.1 Å². The molecule has 0 radical (unpaired) electrons. The van der Waals surface area contributed by atoms with Crippen LogP contribution in [0.15, 0.2) is 53.7 Å². The Balaban J connectivity index is 2.00. The van der Waals surface area contributed by atoms with Crippen LogP contribution in [0, 0.1) is 0 Å². The molecule has 3 rings (SSSR count). The van der Waals surface area contributed by atoms with Gasteiger partial charge in [-0.2, -0.15) is 0 Å². The molecule has 0 aliphatic heterocycles. The van der Waals surface area contributed by atoms with E-state index in [0.29, 0.717) is 17.6 Å². The predicted molar refractivity (Wildman–Crippen MR) is 114 cm³/mol. The van der Waals surface area contributed by atoms with E-state index in [1.807, 2.05) is 60.0 Å². The standard InChI is InChI=1S/C21H24N4O3S/c1-5-28-18-12-8-16(9-13-18)25-20(15-6-10-17(27-4)11-7-15)22-23-21(25)29-14-19(26)24(2)3/h6-13H,5,14H2,1-4H3. The van der Waals surface area contributed by atoms with E-state index < -0.39 is 0 Å². The van der Waals surface area contributed by atoms with Gasteiger partial charge in [0.25, 0.3) is 0 Å². The number of thioether (sulfide) groups is 1. The van der Waals surface area contributed by atoms with E-state index >= 15 is 0 Å². The van der Waals surface area contributed by atoms with E-state index in [0.717, 1.165) is 22.7 Å². The molecule has 0 fully saturated rings. The Bertz CT molecular complexity index is 953. The zero-order valence-corrected chi connectivity index (χ0v) is 17.8. The summed E-state index contributed by atoms with van der Waals surface area (Å²) in [6.45, 7) is 2.56. The van der Waals surface area contributed by atoms with Crippen LogP contribution in [0.2, 0.25) is 0 Å². The first-order valence-corrected chi connectivity index (χ1v) is 10.2. The molecule has 0 aliphatic carbocycles. The largest absolute Gasteiger partial charge is 0.497 e. The van der Waals surface area contributed by atoms with Crippen molar-refractivity contribution in [1.82, 2.24) is 19.7 Å². The van der Waals surface area contributed by atoms with Crippen LogP contribution in [0.3, 0.4) is 0 Å². The molecule has 29 heavy (non-hydrogen) atoms. The van der Waals surface area contributed by atoms with Gasteiger partial charge in [-0.1, -0.05) is 11.8 Å². The molecule has 1 heterocycles. The number of ether oxygens (including phenoxy) is 2. The van der Waals surface area contributed by atoms with Crippen molar-refractivity contribution in [2.24, 2.45) is 0 Å². The minimum atomic E-state index is 0.0160. The maximum Gasteiger partial charge on any atom is 0.232 e. The summed E-state index contributed by atoms with van der Waals surface area (Å²) in [5, 5.41) is 9.39. The molecule has 0 unspecified atom stereocenters. The average molecular weight is 413 g/mol. The maximum atomic E-state index is 12.0. The van der Waals surface area contributed by atoms with Gasteiger partial charge < -0.3 is 14.4 Å². The molecule has 0 bridgehead atoms. The Kier molecular flexibility index (Phi) is 6.77. The zero-order valence-electron chi connectivity index (χ0n) is 17.0. The Morgan fingerprint density at radius 3 is 2.28 bits per heavy atom. The van der Waals surface area contributed by atoms with Crippen molar-refractivity contribution in [3.8, 4) is 28.6 Å². The number of carbonyl (C=O) groups excluding carboxylic acids is 1. The maximum absolute atomic E-state index is 12.0. The molecule has 0 spiro atoms. The van der Waals surface area contributed by atoms with Gasteiger partial charge in [-0.3, -0.25) is 9.36 Å². The first-order valence-electron chi connectivity index (χ1n) is 9.19. The first-order chi connectivity index (χ1) is 14.0. The van der Waals surface area contributed by atoms with Crippen molar-refractivity contribution in [1.29, 1.82) is 0 Å². The molecule has 0 aliphatic rings. The second-order valence-electron chi connectivity index (χ2n) is 6.37. The lowest BCUT2D eigenvalue weighted by molar-refractivity contribution is -0.125. The highest BCUT2D eigenvalue weighted by Gasteiger charge is 2.18. The summed E-state index contributed by atoms with van der Waals surface area (Å²) in [5.41, 5.74) is 1.79. The number of carbonyl (C=O) groups is 1. The number of methoxy groups -OCH3 is 1. The van der Waals surface area contributed by atoms with E-state index in [1.54, 1.807) is 26.1 Å². The highest BCUT2D eigenvalue weighted by molar-refractivity contribution is 7.99. The lowest BCUT2D eigenvalue weighted by Crippen LogP contribution is -2.23. The summed E-state index contributed by atoms with van der Waals surface area (Å²) in [6.07, 6.45) is 0. The van der Waals surface area contributed by atoms with E-state index in [9.17, 15) is 4.79 Å². The van der Waals surface area contributed by atoms with E-state index in [2.05, 4.69) is 10.2 Å². The third-order valence-electron chi connectivity index (χ3n) is 4.21. The summed E-state index contributed by atoms with van der Waals surface area (Å²) in [4.78, 5) is 13.6. The van der Waals surface area contributed by atoms with Crippen LogP contribution in [0.4, 0.5) is 0 Å². The monoisotopic (exact) mass is 412 g/mol. The summed E-state index contributed by atoms with van der Waals surface area (Å²) in [6, 6.07) is 15.4. The number of hydrogen-bond acceptors (Lipinski definition) is 6. The SMILES string of the molecule is CCOc1ccc(-n2c(SCC(=O)N(C)C)nnc2-c2ccc(OC)cc2)cc1. The van der Waals surface area contributed by atoms with Crippen LogP contribution in [0.25, 0.3) is 17.1 Å². The number of rotatable bonds is 8. The lowest BCUT2D eigenvalue weighted by Gasteiger charge is -2.13. The molecule has 1 amide bonds. The molecule has 0 atom stereocenters. The second kappa shape index (κ2) is 9.47. The third kappa shape index (κ3) is 4.89. The summed E-state index contributed by atoms with van der Waals surface area (Å²) in [7, 11) is 5.11. The van der Waals surface area contributed by atoms with Crippen LogP contribution < -0.4 is 9.47 Å². The highest BCUT2D eigenvalue weighted by Crippen LogP contribution is 2.30. The molecule has 0 saturated carbocycles. The molecule has 152 valence electrons. The number of amides is 1. The topological polar surface area (TPSA) is 69.5 Å². The van der Waals surface area contributed by atoms with Crippen LogP contribution in [0.1, 0.15) is 6.92 Å². The molecule has 2 aromatic carbocycles. The fourth-order valence-electron chi connectivity index (χ4n) is 2.64. The van der Waals surface area contributed by atoms with Gasteiger partial charge in [0.1, 0.15) is 11.5 Å². The molecule has 0 N–H and O–H groups in total. The molecule has 3 aromatic rings. The Hall–Kier alpha value is -3.00. The summed E-state index contributed by atoms with van der Waals surface area (Å²) >= 11 is 1.36. The zero-order chi connectivity index (χ0) is 20.8. The molecular weight excluding hydrogens is 388 g/mol. The smallest absolute Gasteiger partial charge is 0.232 e. The van der Waals surface area contributed by atoms with Crippen LogP contribution in [-0.2, 0) is 4.79 Å². The van der Waals surface area contributed by atoms with Crippen LogP contribution in [-0.4, -0.2) is 59.1 Å². The summed E-state index contributed by atoms with van der Waals surface area (Å²) in [5.74, 6) is 2.56. The number of nitrogens with zero attached hydrogens (tertiary/aromatic N) is 4. The Morgan fingerprint density at radius 2 is 1.69 bits per heavy atom. The van der Waals surface area contributed by atoms with Gasteiger partial charge in [0, 0.05) is 25.3 Å². The van der Waals surface area contributed by atoms with Gasteiger partial charge in [0.15, 0.2) is 11.0 Å². The van der Waals surface area contributed by atoms with Crippen molar-refractivity contribution in [2.75, 3.05) is 33.6 Å². The fourth-order valence-corrected chi connectivity index (χ4v) is 3.57. The van der Waals surface area contributed by atoms with E-state index in [-0.39, 0.29) is 11.7 Å². The van der Waals surface area contributed by atoms with Gasteiger partial charge in [0.2, 0.25) is 5.91 Å². The van der Waals surface area contributed by atoms with Crippen molar-refractivity contribution < 1.29 is 14.3 Å². The fraction of sp³-hybridized carbons (Fsp3) is 0.286. The van der Waals surface area contributed by atoms with Crippen LogP contribution in [0.5, 0.6) is 11.5 Å².